The Kier molecular flexibility index (Phi) is 3.84. The number of aromatic nitrogens is 1. The lowest BCUT2D eigenvalue weighted by Crippen LogP contribution is -2.15. The number of hydrogen-bond acceptors (Lipinski definition) is 4. The lowest BCUT2D eigenvalue weighted by molar-refractivity contribution is -0.385. The van der Waals surface area contributed by atoms with Gasteiger partial charge in [0.2, 0.25) is 5.56 Å². The Morgan fingerprint density at radius 3 is 2.52 bits per heavy atom. The van der Waals surface area contributed by atoms with Crippen LogP contribution in [0.2, 0.25) is 0 Å². The van der Waals surface area contributed by atoms with Crippen molar-refractivity contribution in [2.75, 3.05) is 5.32 Å². The van der Waals surface area contributed by atoms with Gasteiger partial charge in [0.05, 0.1) is 16.2 Å². The second-order valence-corrected chi connectivity index (χ2v) is 4.61. The number of hydrogen-bond donors (Lipinski definition) is 2. The minimum absolute atomic E-state index is 0.0580. The first-order valence-electron chi connectivity index (χ1n) is 6.14. The van der Waals surface area contributed by atoms with Crippen molar-refractivity contribution < 1.29 is 9.72 Å². The topological polar surface area (TPSA) is 105 Å². The van der Waals surface area contributed by atoms with Crippen molar-refractivity contribution in [1.29, 1.82) is 0 Å². The molecule has 0 aliphatic heterocycles. The predicted molar refractivity (Wildman–Crippen MR) is 77.6 cm³/mol. The van der Waals surface area contributed by atoms with Gasteiger partial charge in [-0.15, -0.1) is 0 Å². The van der Waals surface area contributed by atoms with Gasteiger partial charge in [0, 0.05) is 23.9 Å². The Balaban J connectivity index is 2.33. The zero-order valence-electron chi connectivity index (χ0n) is 11.5. The fourth-order valence-corrected chi connectivity index (χ4v) is 1.92. The van der Waals surface area contributed by atoms with E-state index >= 15 is 0 Å². The number of rotatable bonds is 3. The van der Waals surface area contributed by atoms with E-state index in [1.165, 1.54) is 24.4 Å². The van der Waals surface area contributed by atoms with Gasteiger partial charge < -0.3 is 10.3 Å². The molecular weight excluding hydrogens is 274 g/mol. The molecule has 0 fully saturated rings. The van der Waals surface area contributed by atoms with E-state index in [1.807, 2.05) is 0 Å². The molecule has 1 aromatic heterocycles. The largest absolute Gasteiger partial charge is 0.328 e. The molecule has 1 heterocycles. The molecule has 0 unspecified atom stereocenters. The average molecular weight is 287 g/mol. The summed E-state index contributed by atoms with van der Waals surface area (Å²) in [7, 11) is 0. The lowest BCUT2D eigenvalue weighted by atomic mass is 10.1. The van der Waals surface area contributed by atoms with E-state index in [0.717, 1.165) is 5.56 Å². The highest BCUT2D eigenvalue weighted by molar-refractivity contribution is 6.04. The third kappa shape index (κ3) is 3.14. The second-order valence-electron chi connectivity index (χ2n) is 4.61. The summed E-state index contributed by atoms with van der Waals surface area (Å²) in [5.74, 6) is -0.451. The van der Waals surface area contributed by atoms with Crippen LogP contribution in [-0.2, 0) is 0 Å². The number of aryl methyl sites for hydroxylation is 2. The number of carbonyl (C=O) groups excluding carboxylic acids is 1. The minimum atomic E-state index is -0.496. The van der Waals surface area contributed by atoms with Gasteiger partial charge in [-0.25, -0.2) is 0 Å². The third-order valence-corrected chi connectivity index (χ3v) is 3.03. The van der Waals surface area contributed by atoms with Crippen molar-refractivity contribution in [3.8, 4) is 0 Å². The smallest absolute Gasteiger partial charge is 0.274 e. The van der Waals surface area contributed by atoms with Crippen molar-refractivity contribution in [2.24, 2.45) is 0 Å². The van der Waals surface area contributed by atoms with E-state index in [0.29, 0.717) is 11.3 Å². The Hall–Kier alpha value is -2.96. The molecule has 7 heteroatoms. The number of aromatic amines is 1. The highest BCUT2D eigenvalue weighted by atomic mass is 16.6. The van der Waals surface area contributed by atoms with Gasteiger partial charge in [-0.05, 0) is 31.5 Å². The number of carbonyl (C=O) groups is 1. The van der Waals surface area contributed by atoms with E-state index in [9.17, 15) is 19.7 Å². The van der Waals surface area contributed by atoms with E-state index in [1.54, 1.807) is 19.9 Å². The monoisotopic (exact) mass is 287 g/mol. The fourth-order valence-electron chi connectivity index (χ4n) is 1.92. The van der Waals surface area contributed by atoms with Gasteiger partial charge in [0.15, 0.2) is 0 Å². The Bertz CT molecular complexity index is 760. The molecule has 2 rings (SSSR count). The van der Waals surface area contributed by atoms with E-state index < -0.39 is 10.8 Å². The standard InChI is InChI=1S/C14H13N3O4/c1-8-5-9(2)12(17(20)21)6-11(8)16-14(19)10-3-4-13(18)15-7-10/h3-7H,1-2H3,(H,15,18)(H,16,19). The van der Waals surface area contributed by atoms with Crippen molar-refractivity contribution in [3.63, 3.8) is 0 Å². The van der Waals surface area contributed by atoms with Crippen molar-refractivity contribution in [1.82, 2.24) is 4.98 Å². The molecule has 1 amide bonds. The number of H-pyrrole nitrogens is 1. The molecule has 21 heavy (non-hydrogen) atoms. The molecule has 108 valence electrons. The van der Waals surface area contributed by atoms with Gasteiger partial charge in [-0.2, -0.15) is 0 Å². The molecule has 7 nitrogen and oxygen atoms in total. The van der Waals surface area contributed by atoms with Gasteiger partial charge in [0.25, 0.3) is 11.6 Å². The number of nitro groups is 1. The van der Waals surface area contributed by atoms with Crippen LogP contribution in [0.3, 0.4) is 0 Å². The van der Waals surface area contributed by atoms with E-state index in [-0.39, 0.29) is 16.8 Å². The molecule has 0 saturated heterocycles. The third-order valence-electron chi connectivity index (χ3n) is 3.03. The maximum absolute atomic E-state index is 12.0. The van der Waals surface area contributed by atoms with Crippen LogP contribution in [0.25, 0.3) is 0 Å². The summed E-state index contributed by atoms with van der Waals surface area (Å²) in [6.07, 6.45) is 1.29. The first-order valence-corrected chi connectivity index (χ1v) is 6.14. The first-order chi connectivity index (χ1) is 9.88. The molecule has 0 bridgehead atoms. The van der Waals surface area contributed by atoms with Crippen LogP contribution >= 0.6 is 0 Å². The summed E-state index contributed by atoms with van der Waals surface area (Å²) in [5, 5.41) is 13.5. The quantitative estimate of drug-likeness (QED) is 0.666. The summed E-state index contributed by atoms with van der Waals surface area (Å²) in [6.45, 7) is 3.39. The highest BCUT2D eigenvalue weighted by Gasteiger charge is 2.15. The number of anilines is 1. The summed E-state index contributed by atoms with van der Waals surface area (Å²) < 4.78 is 0. The minimum Gasteiger partial charge on any atom is -0.328 e. The van der Waals surface area contributed by atoms with Gasteiger partial charge >= 0.3 is 0 Å². The summed E-state index contributed by atoms with van der Waals surface area (Å²) in [5.41, 5.74) is 1.50. The van der Waals surface area contributed by atoms with Gasteiger partial charge in [-0.3, -0.25) is 19.7 Å². The van der Waals surface area contributed by atoms with Crippen LogP contribution in [0.4, 0.5) is 11.4 Å². The Labute approximate surface area is 119 Å². The summed E-state index contributed by atoms with van der Waals surface area (Å²) >= 11 is 0. The number of pyridine rings is 1. The normalized spacial score (nSPS) is 10.2. The molecule has 0 saturated carbocycles. The van der Waals surface area contributed by atoms with Crippen molar-refractivity contribution in [2.45, 2.75) is 13.8 Å². The maximum Gasteiger partial charge on any atom is 0.274 e. The average Bonchev–Trinajstić information content (AvgIpc) is 2.42. The molecule has 1 aromatic carbocycles. The maximum atomic E-state index is 12.0. The summed E-state index contributed by atoms with van der Waals surface area (Å²) in [6, 6.07) is 5.58. The zero-order valence-corrected chi connectivity index (χ0v) is 11.5. The highest BCUT2D eigenvalue weighted by Crippen LogP contribution is 2.26. The van der Waals surface area contributed by atoms with Crippen molar-refractivity contribution in [3.05, 3.63) is 67.6 Å². The Morgan fingerprint density at radius 2 is 1.95 bits per heavy atom. The molecule has 0 aliphatic carbocycles. The molecular formula is C14H13N3O4. The van der Waals surface area contributed by atoms with Crippen molar-refractivity contribution >= 4 is 17.3 Å². The lowest BCUT2D eigenvalue weighted by Gasteiger charge is -2.09. The van der Waals surface area contributed by atoms with Crippen LogP contribution in [0.1, 0.15) is 21.5 Å². The van der Waals surface area contributed by atoms with Crippen LogP contribution in [0, 0.1) is 24.0 Å². The fraction of sp³-hybridized carbons (Fsp3) is 0.143. The SMILES string of the molecule is Cc1cc(C)c([N+](=O)[O-])cc1NC(=O)c1ccc(=O)[nH]c1. The molecule has 0 spiro atoms. The number of nitrogens with one attached hydrogen (secondary N) is 2. The van der Waals surface area contributed by atoms with E-state index in [4.69, 9.17) is 0 Å². The van der Waals surface area contributed by atoms with Gasteiger partial charge in [0.1, 0.15) is 0 Å². The number of benzene rings is 1. The first kappa shape index (κ1) is 14.4. The summed E-state index contributed by atoms with van der Waals surface area (Å²) in [4.78, 5) is 35.8. The number of amides is 1. The van der Waals surface area contributed by atoms with Gasteiger partial charge in [-0.1, -0.05) is 0 Å². The zero-order chi connectivity index (χ0) is 15.6. The number of nitro benzene ring substituents is 1. The molecule has 0 aliphatic rings. The molecule has 0 atom stereocenters. The number of nitrogens with zero attached hydrogens (tertiary/aromatic N) is 1. The predicted octanol–water partition coefficient (Wildman–Crippen LogP) is 2.15. The van der Waals surface area contributed by atoms with Crippen LogP contribution in [-0.4, -0.2) is 15.8 Å². The molecule has 0 radical (unpaired) electrons. The van der Waals surface area contributed by atoms with Crippen LogP contribution in [0.15, 0.2) is 35.3 Å². The molecule has 2 aromatic rings. The molecule has 2 N–H and O–H groups in total. The van der Waals surface area contributed by atoms with Crippen LogP contribution < -0.4 is 10.9 Å². The Morgan fingerprint density at radius 1 is 1.24 bits per heavy atom. The second kappa shape index (κ2) is 5.58. The van der Waals surface area contributed by atoms with Crippen LogP contribution in [0.5, 0.6) is 0 Å². The van der Waals surface area contributed by atoms with E-state index in [2.05, 4.69) is 10.3 Å².